The van der Waals surface area contributed by atoms with E-state index in [2.05, 4.69) is 32.7 Å². The summed E-state index contributed by atoms with van der Waals surface area (Å²) in [4.78, 5) is 2.35. The largest absolute Gasteiger partial charge is 0.506 e. The van der Waals surface area contributed by atoms with Crippen LogP contribution in [0.1, 0.15) is 37.8 Å². The average Bonchev–Trinajstić information content (AvgIpc) is 2.50. The van der Waals surface area contributed by atoms with Crippen molar-refractivity contribution in [1.29, 1.82) is 0 Å². The third-order valence-corrected chi connectivity index (χ3v) is 4.46. The number of nitrogens with zero attached hydrogens (tertiary/aromatic N) is 1. The summed E-state index contributed by atoms with van der Waals surface area (Å²) >= 11 is 6.05. The van der Waals surface area contributed by atoms with Gasteiger partial charge < -0.3 is 10.0 Å². The summed E-state index contributed by atoms with van der Waals surface area (Å²) in [6.07, 6.45) is 0.984. The fraction of sp³-hybridized carbons (Fsp3) is 0.500. The van der Waals surface area contributed by atoms with Crippen molar-refractivity contribution in [1.82, 2.24) is 4.90 Å². The van der Waals surface area contributed by atoms with E-state index in [0.717, 1.165) is 19.5 Å². The van der Waals surface area contributed by atoms with Gasteiger partial charge in [0, 0.05) is 19.0 Å². The zero-order chi connectivity index (χ0) is 14.2. The Morgan fingerprint density at radius 3 is 2.63 bits per heavy atom. The highest BCUT2D eigenvalue weighted by molar-refractivity contribution is 6.32. The Kier molecular flexibility index (Phi) is 4.22. The van der Waals surface area contributed by atoms with Crippen LogP contribution in [-0.2, 0) is 6.42 Å². The van der Waals surface area contributed by atoms with Crippen molar-refractivity contribution >= 4 is 11.6 Å². The summed E-state index contributed by atoms with van der Waals surface area (Å²) in [6, 6.07) is 3.78. The minimum absolute atomic E-state index is 0.191. The van der Waals surface area contributed by atoms with E-state index in [1.54, 1.807) is 0 Å². The molecule has 1 N–H and O–H groups in total. The van der Waals surface area contributed by atoms with Gasteiger partial charge in [-0.2, -0.15) is 0 Å². The van der Waals surface area contributed by atoms with Crippen LogP contribution in [0.15, 0.2) is 23.3 Å². The number of rotatable bonds is 1. The molecular formula is C16H22ClNO. The molecule has 1 aliphatic heterocycles. The number of allylic oxidation sites excluding steroid dienone is 1. The first-order valence-corrected chi connectivity index (χ1v) is 7.11. The van der Waals surface area contributed by atoms with E-state index in [1.807, 2.05) is 12.1 Å². The molecule has 1 unspecified atom stereocenters. The smallest absolute Gasteiger partial charge is 0.134 e. The molecule has 0 fully saturated rings. The molecule has 1 atom stereocenters. The Hall–Kier alpha value is -0.990. The third-order valence-electron chi connectivity index (χ3n) is 4.15. The minimum Gasteiger partial charge on any atom is -0.506 e. The number of hydrogen-bond donors (Lipinski definition) is 1. The van der Waals surface area contributed by atoms with Crippen LogP contribution in [0.25, 0.3) is 0 Å². The number of phenolic OH excluding ortho intramolecular Hbond substituents is 1. The molecule has 1 aliphatic rings. The number of benzene rings is 1. The van der Waals surface area contributed by atoms with Crippen molar-refractivity contribution < 1.29 is 5.11 Å². The summed E-state index contributed by atoms with van der Waals surface area (Å²) in [6.45, 7) is 8.51. The van der Waals surface area contributed by atoms with Gasteiger partial charge in [-0.25, -0.2) is 0 Å². The monoisotopic (exact) mass is 279 g/mol. The summed E-state index contributed by atoms with van der Waals surface area (Å²) in [5.74, 6) is 0.534. The summed E-state index contributed by atoms with van der Waals surface area (Å²) in [5.41, 5.74) is 5.22. The van der Waals surface area contributed by atoms with Gasteiger partial charge in [0.05, 0.1) is 5.02 Å². The molecule has 1 aromatic carbocycles. The molecule has 0 aliphatic carbocycles. The lowest BCUT2D eigenvalue weighted by Gasteiger charge is -2.23. The first kappa shape index (κ1) is 14.4. The van der Waals surface area contributed by atoms with Crippen molar-refractivity contribution in [2.75, 3.05) is 20.1 Å². The highest BCUT2D eigenvalue weighted by atomic mass is 35.5. The molecule has 1 heterocycles. The van der Waals surface area contributed by atoms with Gasteiger partial charge in [-0.1, -0.05) is 22.7 Å². The van der Waals surface area contributed by atoms with Gasteiger partial charge in [0.1, 0.15) is 5.75 Å². The van der Waals surface area contributed by atoms with Crippen LogP contribution in [0.5, 0.6) is 5.75 Å². The number of phenols is 1. The second kappa shape index (κ2) is 5.56. The van der Waals surface area contributed by atoms with E-state index in [4.69, 9.17) is 11.6 Å². The molecule has 0 saturated heterocycles. The quantitative estimate of drug-likeness (QED) is 0.786. The highest BCUT2D eigenvalue weighted by Crippen LogP contribution is 2.37. The molecule has 0 aromatic heterocycles. The lowest BCUT2D eigenvalue weighted by molar-refractivity contribution is 0.336. The number of fused-ring (bicyclic) bond motifs is 1. The van der Waals surface area contributed by atoms with Gasteiger partial charge in [-0.05, 0) is 57.5 Å². The maximum absolute atomic E-state index is 9.91. The van der Waals surface area contributed by atoms with Gasteiger partial charge in [-0.15, -0.1) is 0 Å². The molecule has 1 aromatic rings. The topological polar surface area (TPSA) is 23.5 Å². The molecule has 2 rings (SSSR count). The van der Waals surface area contributed by atoms with Crippen molar-refractivity contribution in [2.24, 2.45) is 0 Å². The summed E-state index contributed by atoms with van der Waals surface area (Å²) in [7, 11) is 2.15. The van der Waals surface area contributed by atoms with E-state index in [-0.39, 0.29) is 5.75 Å². The van der Waals surface area contributed by atoms with Gasteiger partial charge in [0.25, 0.3) is 0 Å². The standard InChI is InChI=1S/C16H22ClNO/c1-10(2)11(3)14-9-18(4)6-5-12-7-15(17)16(19)8-13(12)14/h7-8,14,19H,5-6,9H2,1-4H3. The van der Waals surface area contributed by atoms with Crippen LogP contribution in [0, 0.1) is 0 Å². The number of hydrogen-bond acceptors (Lipinski definition) is 2. The van der Waals surface area contributed by atoms with Crippen molar-refractivity contribution in [2.45, 2.75) is 33.1 Å². The average molecular weight is 280 g/mol. The van der Waals surface area contributed by atoms with Crippen LogP contribution >= 0.6 is 11.6 Å². The molecule has 104 valence electrons. The van der Waals surface area contributed by atoms with E-state index < -0.39 is 0 Å². The maximum atomic E-state index is 9.91. The second-order valence-electron chi connectivity index (χ2n) is 5.75. The Balaban J connectivity index is 2.56. The number of aromatic hydroxyl groups is 1. The third kappa shape index (κ3) is 2.96. The SMILES string of the molecule is CC(C)=C(C)C1CN(C)CCc2cc(Cl)c(O)cc21. The Morgan fingerprint density at radius 2 is 2.00 bits per heavy atom. The van der Waals surface area contributed by atoms with E-state index in [0.29, 0.717) is 10.9 Å². The van der Waals surface area contributed by atoms with E-state index >= 15 is 0 Å². The van der Waals surface area contributed by atoms with Crippen molar-refractivity contribution in [3.05, 3.63) is 39.4 Å². The Morgan fingerprint density at radius 1 is 1.32 bits per heavy atom. The van der Waals surface area contributed by atoms with Gasteiger partial charge in [0.2, 0.25) is 0 Å². The van der Waals surface area contributed by atoms with Crippen molar-refractivity contribution in [3.8, 4) is 5.75 Å². The second-order valence-corrected chi connectivity index (χ2v) is 6.16. The highest BCUT2D eigenvalue weighted by Gasteiger charge is 2.24. The van der Waals surface area contributed by atoms with E-state index in [9.17, 15) is 5.11 Å². The van der Waals surface area contributed by atoms with Gasteiger partial charge in [-0.3, -0.25) is 0 Å². The fourth-order valence-corrected chi connectivity index (χ4v) is 2.88. The zero-order valence-electron chi connectivity index (χ0n) is 12.1. The van der Waals surface area contributed by atoms with Crippen LogP contribution in [0.3, 0.4) is 0 Å². The zero-order valence-corrected chi connectivity index (χ0v) is 12.9. The van der Waals surface area contributed by atoms with Crippen LogP contribution < -0.4 is 0 Å². The minimum atomic E-state index is 0.191. The van der Waals surface area contributed by atoms with Crippen LogP contribution in [-0.4, -0.2) is 30.1 Å². The Bertz CT molecular complexity index is 518. The molecule has 19 heavy (non-hydrogen) atoms. The number of likely N-dealkylation sites (N-methyl/N-ethyl adjacent to an activating group) is 1. The van der Waals surface area contributed by atoms with Crippen LogP contribution in [0.4, 0.5) is 0 Å². The molecule has 3 heteroatoms. The summed E-state index contributed by atoms with van der Waals surface area (Å²) in [5, 5.41) is 10.4. The lowest BCUT2D eigenvalue weighted by Crippen LogP contribution is -2.24. The van der Waals surface area contributed by atoms with Crippen LogP contribution in [0.2, 0.25) is 5.02 Å². The molecule has 0 spiro atoms. The van der Waals surface area contributed by atoms with Gasteiger partial charge in [0.15, 0.2) is 0 Å². The van der Waals surface area contributed by atoms with Crippen molar-refractivity contribution in [3.63, 3.8) is 0 Å². The number of halogens is 1. The molecule has 0 bridgehead atoms. The molecule has 2 nitrogen and oxygen atoms in total. The lowest BCUT2D eigenvalue weighted by atomic mass is 9.86. The maximum Gasteiger partial charge on any atom is 0.134 e. The first-order valence-electron chi connectivity index (χ1n) is 6.74. The fourth-order valence-electron chi connectivity index (χ4n) is 2.69. The predicted molar refractivity (Wildman–Crippen MR) is 81.1 cm³/mol. The van der Waals surface area contributed by atoms with E-state index in [1.165, 1.54) is 22.3 Å². The molecular weight excluding hydrogens is 258 g/mol. The predicted octanol–water partition coefficient (Wildman–Crippen LogP) is 3.97. The summed E-state index contributed by atoms with van der Waals surface area (Å²) < 4.78 is 0. The normalized spacial score (nSPS) is 19.7. The molecule has 0 saturated carbocycles. The molecule has 0 amide bonds. The van der Waals surface area contributed by atoms with Gasteiger partial charge >= 0.3 is 0 Å². The Labute approximate surface area is 120 Å². The molecule has 0 radical (unpaired) electrons. The first-order chi connectivity index (χ1) is 8.90.